The molecule has 0 spiro atoms. The quantitative estimate of drug-likeness (QED) is 0.394. The standard InChI is InChI=1S/C30H52/c1-20(2)10-9-11-21(3)24-13-14-25-23-12-15-27-28(5,6)22(4)16-18-30(27,8)26(23)17-19-29(24,25)7/h20-22,24-25,27H,9-19H2,1-8H3. The molecule has 4 aliphatic carbocycles. The molecule has 172 valence electrons. The van der Waals surface area contributed by atoms with Gasteiger partial charge in [-0.1, -0.05) is 85.8 Å². The Kier molecular flexibility index (Phi) is 6.07. The van der Waals surface area contributed by atoms with Crippen LogP contribution in [0.3, 0.4) is 0 Å². The van der Waals surface area contributed by atoms with Crippen molar-refractivity contribution in [2.75, 3.05) is 0 Å². The topological polar surface area (TPSA) is 0 Å². The summed E-state index contributed by atoms with van der Waals surface area (Å²) >= 11 is 0. The molecule has 4 rings (SSSR count). The predicted octanol–water partition coefficient (Wildman–Crippen LogP) is 9.44. The summed E-state index contributed by atoms with van der Waals surface area (Å²) in [5, 5.41) is 0. The lowest BCUT2D eigenvalue weighted by atomic mass is 9.44. The lowest BCUT2D eigenvalue weighted by molar-refractivity contribution is -0.0397. The summed E-state index contributed by atoms with van der Waals surface area (Å²) in [5.74, 6) is 5.46. The first-order valence-electron chi connectivity index (χ1n) is 13.7. The molecule has 0 amide bonds. The lowest BCUT2D eigenvalue weighted by Crippen LogP contribution is -2.51. The second kappa shape index (κ2) is 7.95. The van der Waals surface area contributed by atoms with Crippen LogP contribution in [0.25, 0.3) is 0 Å². The third kappa shape index (κ3) is 3.46. The van der Waals surface area contributed by atoms with Crippen LogP contribution in [0.15, 0.2) is 11.1 Å². The molecule has 0 N–H and O–H groups in total. The summed E-state index contributed by atoms with van der Waals surface area (Å²) in [6.07, 6.45) is 16.0. The average molecular weight is 413 g/mol. The summed E-state index contributed by atoms with van der Waals surface area (Å²) in [5.41, 5.74) is 5.58. The van der Waals surface area contributed by atoms with Crippen LogP contribution in [0.2, 0.25) is 0 Å². The van der Waals surface area contributed by atoms with Gasteiger partial charge in [-0.05, 0) is 103 Å². The molecular weight excluding hydrogens is 360 g/mol. The zero-order valence-electron chi connectivity index (χ0n) is 21.7. The van der Waals surface area contributed by atoms with E-state index in [2.05, 4.69) is 55.4 Å². The molecular formula is C30H52. The highest BCUT2D eigenvalue weighted by Crippen LogP contribution is 2.68. The molecule has 0 aliphatic heterocycles. The van der Waals surface area contributed by atoms with E-state index in [1.54, 1.807) is 0 Å². The SMILES string of the molecule is CC(C)CCCC(C)C1CCC2C3=C(CCC21C)C1(C)CCC(C)C(C)(C)C1CC3. The fourth-order valence-electron chi connectivity index (χ4n) is 9.50. The van der Waals surface area contributed by atoms with E-state index >= 15 is 0 Å². The highest BCUT2D eigenvalue weighted by atomic mass is 14.6. The van der Waals surface area contributed by atoms with Crippen molar-refractivity contribution in [2.45, 2.75) is 126 Å². The highest BCUT2D eigenvalue weighted by molar-refractivity contribution is 5.35. The monoisotopic (exact) mass is 412 g/mol. The van der Waals surface area contributed by atoms with E-state index in [0.29, 0.717) is 16.2 Å². The fraction of sp³-hybridized carbons (Fsp3) is 0.933. The minimum absolute atomic E-state index is 0.506. The molecule has 0 radical (unpaired) electrons. The molecule has 30 heavy (non-hydrogen) atoms. The van der Waals surface area contributed by atoms with Crippen LogP contribution >= 0.6 is 0 Å². The molecule has 4 aliphatic rings. The number of hydrogen-bond donors (Lipinski definition) is 0. The van der Waals surface area contributed by atoms with Gasteiger partial charge in [-0.2, -0.15) is 0 Å². The first kappa shape index (κ1) is 22.9. The Bertz CT molecular complexity index is 666. The molecule has 0 heteroatoms. The van der Waals surface area contributed by atoms with Gasteiger partial charge in [0.15, 0.2) is 0 Å². The van der Waals surface area contributed by atoms with Crippen LogP contribution in [-0.4, -0.2) is 0 Å². The molecule has 7 atom stereocenters. The maximum Gasteiger partial charge on any atom is -0.00800 e. The van der Waals surface area contributed by atoms with E-state index in [1.165, 1.54) is 70.6 Å². The minimum Gasteiger partial charge on any atom is -0.0668 e. The smallest absolute Gasteiger partial charge is 0.00800 e. The van der Waals surface area contributed by atoms with Crippen LogP contribution in [0.5, 0.6) is 0 Å². The molecule has 0 heterocycles. The Morgan fingerprint density at radius 2 is 1.60 bits per heavy atom. The van der Waals surface area contributed by atoms with Crippen molar-refractivity contribution in [3.63, 3.8) is 0 Å². The third-order valence-electron chi connectivity index (χ3n) is 11.7. The van der Waals surface area contributed by atoms with Crippen LogP contribution < -0.4 is 0 Å². The predicted molar refractivity (Wildman–Crippen MR) is 131 cm³/mol. The molecule has 0 aromatic carbocycles. The summed E-state index contributed by atoms with van der Waals surface area (Å²) < 4.78 is 0. The zero-order chi connectivity index (χ0) is 21.9. The number of fused-ring (bicyclic) bond motifs is 4. The van der Waals surface area contributed by atoms with E-state index in [0.717, 1.165) is 35.5 Å². The molecule has 7 unspecified atom stereocenters. The fourth-order valence-corrected chi connectivity index (χ4v) is 9.50. The molecule has 0 saturated heterocycles. The van der Waals surface area contributed by atoms with Gasteiger partial charge >= 0.3 is 0 Å². The maximum atomic E-state index is 2.72. The molecule has 0 nitrogen and oxygen atoms in total. The second-order valence-corrected chi connectivity index (χ2v) is 13.8. The molecule has 2 fully saturated rings. The van der Waals surface area contributed by atoms with E-state index < -0.39 is 0 Å². The highest BCUT2D eigenvalue weighted by Gasteiger charge is 2.58. The van der Waals surface area contributed by atoms with E-state index in [1.807, 2.05) is 11.1 Å². The van der Waals surface area contributed by atoms with Crippen molar-refractivity contribution in [1.82, 2.24) is 0 Å². The Morgan fingerprint density at radius 1 is 0.867 bits per heavy atom. The van der Waals surface area contributed by atoms with Gasteiger partial charge in [0.2, 0.25) is 0 Å². The molecule has 2 saturated carbocycles. The first-order valence-corrected chi connectivity index (χ1v) is 13.7. The van der Waals surface area contributed by atoms with Gasteiger partial charge in [-0.25, -0.2) is 0 Å². The van der Waals surface area contributed by atoms with Crippen molar-refractivity contribution in [2.24, 2.45) is 51.8 Å². The van der Waals surface area contributed by atoms with Crippen molar-refractivity contribution in [1.29, 1.82) is 0 Å². The van der Waals surface area contributed by atoms with Crippen molar-refractivity contribution in [3.8, 4) is 0 Å². The molecule has 0 aromatic heterocycles. The van der Waals surface area contributed by atoms with Gasteiger partial charge in [0, 0.05) is 0 Å². The first-order chi connectivity index (χ1) is 14.0. The Labute approximate surface area is 189 Å². The summed E-state index contributed by atoms with van der Waals surface area (Å²) in [6.45, 7) is 20.5. The molecule has 0 aromatic rings. The lowest BCUT2D eigenvalue weighted by Gasteiger charge is -2.60. The van der Waals surface area contributed by atoms with Gasteiger partial charge in [0.05, 0.1) is 0 Å². The zero-order valence-corrected chi connectivity index (χ0v) is 21.7. The van der Waals surface area contributed by atoms with Gasteiger partial charge < -0.3 is 0 Å². The molecule has 0 bridgehead atoms. The van der Waals surface area contributed by atoms with Gasteiger partial charge in [0.25, 0.3) is 0 Å². The number of hydrogen-bond acceptors (Lipinski definition) is 0. The van der Waals surface area contributed by atoms with Crippen molar-refractivity contribution < 1.29 is 0 Å². The summed E-state index contributed by atoms with van der Waals surface area (Å²) in [6, 6.07) is 0. The summed E-state index contributed by atoms with van der Waals surface area (Å²) in [7, 11) is 0. The van der Waals surface area contributed by atoms with Gasteiger partial charge in [-0.15, -0.1) is 0 Å². The number of allylic oxidation sites excluding steroid dienone is 2. The largest absolute Gasteiger partial charge is 0.0668 e. The van der Waals surface area contributed by atoms with Crippen LogP contribution in [0, 0.1) is 51.8 Å². The number of rotatable bonds is 5. The van der Waals surface area contributed by atoms with E-state index in [-0.39, 0.29) is 0 Å². The average Bonchev–Trinajstić information content (AvgIpc) is 3.02. The van der Waals surface area contributed by atoms with Crippen LogP contribution in [0.1, 0.15) is 126 Å². The van der Waals surface area contributed by atoms with Crippen molar-refractivity contribution in [3.05, 3.63) is 11.1 Å². The second-order valence-electron chi connectivity index (χ2n) is 13.8. The van der Waals surface area contributed by atoms with Crippen LogP contribution in [-0.2, 0) is 0 Å². The van der Waals surface area contributed by atoms with Crippen molar-refractivity contribution >= 4 is 0 Å². The Morgan fingerprint density at radius 3 is 2.30 bits per heavy atom. The summed E-state index contributed by atoms with van der Waals surface area (Å²) in [4.78, 5) is 0. The van der Waals surface area contributed by atoms with Gasteiger partial charge in [0.1, 0.15) is 0 Å². The van der Waals surface area contributed by atoms with Gasteiger partial charge in [-0.3, -0.25) is 0 Å². The Hall–Kier alpha value is -0.260. The Balaban J connectivity index is 1.57. The van der Waals surface area contributed by atoms with E-state index in [9.17, 15) is 0 Å². The van der Waals surface area contributed by atoms with E-state index in [4.69, 9.17) is 0 Å². The third-order valence-corrected chi connectivity index (χ3v) is 11.7. The minimum atomic E-state index is 0.506. The van der Waals surface area contributed by atoms with Crippen LogP contribution in [0.4, 0.5) is 0 Å². The normalized spacial score (nSPS) is 43.9. The maximum absolute atomic E-state index is 2.72.